The number of amides is 2. The second-order valence-corrected chi connectivity index (χ2v) is 9.68. The molecule has 1 fully saturated rings. The van der Waals surface area contributed by atoms with Gasteiger partial charge in [0.1, 0.15) is 11.9 Å². The fourth-order valence-corrected chi connectivity index (χ4v) is 4.63. The average molecular weight is 499 g/mol. The number of esters is 1. The van der Waals surface area contributed by atoms with Crippen molar-refractivity contribution in [1.29, 1.82) is 0 Å². The predicted molar refractivity (Wildman–Crippen MR) is 141 cm³/mol. The van der Waals surface area contributed by atoms with Gasteiger partial charge >= 0.3 is 5.97 Å². The van der Waals surface area contributed by atoms with Crippen molar-refractivity contribution in [1.82, 2.24) is 9.88 Å². The summed E-state index contributed by atoms with van der Waals surface area (Å²) in [4.78, 5) is 46.6. The molecule has 1 atom stereocenters. The van der Waals surface area contributed by atoms with Crippen LogP contribution < -0.4 is 10.2 Å². The van der Waals surface area contributed by atoms with Crippen LogP contribution in [0.5, 0.6) is 0 Å². The molecule has 0 saturated heterocycles. The number of nitrogens with one attached hydrogen (secondary N) is 1. The van der Waals surface area contributed by atoms with E-state index in [0.29, 0.717) is 16.8 Å². The van der Waals surface area contributed by atoms with Gasteiger partial charge in [0.15, 0.2) is 0 Å². The molecule has 1 aliphatic heterocycles. The second-order valence-electron chi connectivity index (χ2n) is 9.68. The molecule has 1 aliphatic carbocycles. The molecule has 1 N–H and O–H groups in total. The highest BCUT2D eigenvalue weighted by Crippen LogP contribution is 2.34. The van der Waals surface area contributed by atoms with E-state index in [4.69, 9.17) is 4.74 Å². The lowest BCUT2D eigenvalue weighted by Gasteiger charge is -2.27. The van der Waals surface area contributed by atoms with E-state index < -0.39 is 12.0 Å². The first-order valence-electron chi connectivity index (χ1n) is 12.5. The van der Waals surface area contributed by atoms with Crippen molar-refractivity contribution in [2.75, 3.05) is 30.9 Å². The van der Waals surface area contributed by atoms with Gasteiger partial charge in [-0.25, -0.2) is 9.78 Å². The summed E-state index contributed by atoms with van der Waals surface area (Å²) in [6, 6.07) is 15.7. The predicted octanol–water partition coefficient (Wildman–Crippen LogP) is 4.36. The third kappa shape index (κ3) is 5.05. The van der Waals surface area contributed by atoms with Gasteiger partial charge in [-0.3, -0.25) is 9.59 Å². The first-order valence-corrected chi connectivity index (χ1v) is 12.5. The lowest BCUT2D eigenvalue weighted by atomic mass is 10.0. The Labute approximate surface area is 216 Å². The number of hydrogen-bond donors (Lipinski definition) is 1. The summed E-state index contributed by atoms with van der Waals surface area (Å²) < 4.78 is 4.81. The van der Waals surface area contributed by atoms with Crippen molar-refractivity contribution in [3.05, 3.63) is 77.5 Å². The Morgan fingerprint density at radius 2 is 1.86 bits per heavy atom. The monoisotopic (exact) mass is 498 g/mol. The molecule has 8 nitrogen and oxygen atoms in total. The Hall–Kier alpha value is -4.20. The van der Waals surface area contributed by atoms with Crippen LogP contribution in [0.1, 0.15) is 46.0 Å². The largest absolute Gasteiger partial charge is 0.465 e. The van der Waals surface area contributed by atoms with E-state index in [1.807, 2.05) is 30.3 Å². The number of likely N-dealkylation sites (N-methyl/N-ethyl adjacent to an activating group) is 1. The topological polar surface area (TPSA) is 91.8 Å². The number of carbonyl (C=O) groups excluding carboxylic acids is 3. The molecule has 2 amide bonds. The number of hydrogen-bond acceptors (Lipinski definition) is 6. The number of fused-ring (bicyclic) bond motifs is 1. The van der Waals surface area contributed by atoms with Crippen LogP contribution in [0.4, 0.5) is 11.5 Å². The highest BCUT2D eigenvalue weighted by Gasteiger charge is 2.36. The van der Waals surface area contributed by atoms with Gasteiger partial charge in [0.2, 0.25) is 5.91 Å². The smallest absolute Gasteiger partial charge is 0.337 e. The van der Waals surface area contributed by atoms with Crippen molar-refractivity contribution in [3.63, 3.8) is 0 Å². The van der Waals surface area contributed by atoms with E-state index in [1.54, 1.807) is 54.2 Å². The van der Waals surface area contributed by atoms with Crippen LogP contribution in [-0.4, -0.2) is 54.4 Å². The molecule has 8 heteroatoms. The van der Waals surface area contributed by atoms with Crippen LogP contribution in [0, 0.1) is 5.92 Å². The summed E-state index contributed by atoms with van der Waals surface area (Å²) >= 11 is 0. The Morgan fingerprint density at radius 3 is 2.62 bits per heavy atom. The minimum Gasteiger partial charge on any atom is -0.465 e. The molecule has 5 rings (SSSR count). The summed E-state index contributed by atoms with van der Waals surface area (Å²) in [6.45, 7) is 2.84. The number of rotatable bonds is 7. The van der Waals surface area contributed by atoms with E-state index in [-0.39, 0.29) is 18.4 Å². The van der Waals surface area contributed by atoms with Crippen LogP contribution in [-0.2, 0) is 16.1 Å². The zero-order valence-corrected chi connectivity index (χ0v) is 21.2. The molecule has 1 saturated carbocycles. The molecular weight excluding hydrogens is 468 g/mol. The van der Waals surface area contributed by atoms with E-state index in [1.165, 1.54) is 20.0 Å². The number of anilines is 2. The normalized spacial score (nSPS) is 17.3. The van der Waals surface area contributed by atoms with Gasteiger partial charge in [-0.2, -0.15) is 0 Å². The molecule has 3 aromatic rings. The highest BCUT2D eigenvalue weighted by atomic mass is 16.5. The summed E-state index contributed by atoms with van der Waals surface area (Å²) in [5, 5.41) is 3.40. The Balaban J connectivity index is 1.45. The molecule has 0 spiro atoms. The van der Waals surface area contributed by atoms with Crippen LogP contribution in [0.2, 0.25) is 0 Å². The Kier molecular flexibility index (Phi) is 6.65. The van der Waals surface area contributed by atoms with Gasteiger partial charge in [0, 0.05) is 26.3 Å². The number of pyridine rings is 1. The first kappa shape index (κ1) is 24.5. The zero-order valence-electron chi connectivity index (χ0n) is 21.2. The number of benzene rings is 2. The van der Waals surface area contributed by atoms with Gasteiger partial charge in [0.25, 0.3) is 5.91 Å². The van der Waals surface area contributed by atoms with E-state index >= 15 is 0 Å². The SMILES string of the molecule is COC(=O)c1cccc(CN2C(=O)c3ccc(-c4ccnc(NCC5CC5)c4)cc3N(C)C(=O)[C@H]2C)c1. The zero-order chi connectivity index (χ0) is 26.1. The molecule has 2 aromatic carbocycles. The number of nitrogens with zero attached hydrogens (tertiary/aromatic N) is 3. The average Bonchev–Trinajstić information content (AvgIpc) is 3.77. The molecule has 0 unspecified atom stereocenters. The molecule has 1 aromatic heterocycles. The maximum absolute atomic E-state index is 13.7. The molecular formula is C29H30N4O4. The standard InChI is InChI=1S/C29H30N4O4/c1-18-27(34)32(2)25-14-21(22-11-12-30-26(15-22)31-16-19-7-8-19)9-10-24(25)28(35)33(18)17-20-5-4-6-23(13-20)29(36)37-3/h4-6,9-15,18-19H,7-8,16-17H2,1-3H3,(H,30,31)/t18-/m1/s1. The quantitative estimate of drug-likeness (QED) is 0.487. The van der Waals surface area contributed by atoms with Gasteiger partial charge in [-0.05, 0) is 78.8 Å². The summed E-state index contributed by atoms with van der Waals surface area (Å²) in [7, 11) is 3.03. The van der Waals surface area contributed by atoms with Crippen LogP contribution in [0.25, 0.3) is 11.1 Å². The van der Waals surface area contributed by atoms with Crippen LogP contribution in [0.15, 0.2) is 60.8 Å². The highest BCUT2D eigenvalue weighted by molar-refractivity contribution is 6.11. The van der Waals surface area contributed by atoms with Gasteiger partial charge in [-0.15, -0.1) is 0 Å². The Morgan fingerprint density at radius 1 is 1.08 bits per heavy atom. The lowest BCUT2D eigenvalue weighted by Crippen LogP contribution is -2.45. The number of carbonyl (C=O) groups is 3. The molecule has 2 heterocycles. The van der Waals surface area contributed by atoms with Crippen molar-refractivity contribution < 1.29 is 19.1 Å². The molecule has 0 radical (unpaired) electrons. The van der Waals surface area contributed by atoms with Gasteiger partial charge in [0.05, 0.1) is 23.9 Å². The molecule has 2 aliphatic rings. The van der Waals surface area contributed by atoms with E-state index in [2.05, 4.69) is 10.3 Å². The fraction of sp³-hybridized carbons (Fsp3) is 0.310. The fourth-order valence-electron chi connectivity index (χ4n) is 4.63. The minimum atomic E-state index is -0.686. The van der Waals surface area contributed by atoms with E-state index in [9.17, 15) is 14.4 Å². The summed E-state index contributed by atoms with van der Waals surface area (Å²) in [5.41, 5.74) is 4.00. The number of ether oxygens (including phenoxy) is 1. The molecule has 190 valence electrons. The van der Waals surface area contributed by atoms with Crippen molar-refractivity contribution in [3.8, 4) is 11.1 Å². The van der Waals surface area contributed by atoms with Crippen LogP contribution >= 0.6 is 0 Å². The minimum absolute atomic E-state index is 0.185. The van der Waals surface area contributed by atoms with Crippen molar-refractivity contribution >= 4 is 29.3 Å². The number of methoxy groups -OCH3 is 1. The van der Waals surface area contributed by atoms with Gasteiger partial charge < -0.3 is 19.9 Å². The molecule has 0 bridgehead atoms. The van der Waals surface area contributed by atoms with Crippen LogP contribution in [0.3, 0.4) is 0 Å². The third-order valence-corrected chi connectivity index (χ3v) is 7.07. The maximum atomic E-state index is 13.7. The van der Waals surface area contributed by atoms with Crippen molar-refractivity contribution in [2.45, 2.75) is 32.4 Å². The Bertz CT molecular complexity index is 1370. The number of aromatic nitrogens is 1. The summed E-state index contributed by atoms with van der Waals surface area (Å²) in [5.74, 6) is 0.671. The second kappa shape index (κ2) is 10.0. The van der Waals surface area contributed by atoms with E-state index in [0.717, 1.165) is 35.0 Å². The summed E-state index contributed by atoms with van der Waals surface area (Å²) in [6.07, 6.45) is 4.29. The van der Waals surface area contributed by atoms with Gasteiger partial charge in [-0.1, -0.05) is 18.2 Å². The van der Waals surface area contributed by atoms with Crippen molar-refractivity contribution in [2.24, 2.45) is 5.92 Å². The maximum Gasteiger partial charge on any atom is 0.337 e. The molecule has 37 heavy (non-hydrogen) atoms. The lowest BCUT2D eigenvalue weighted by molar-refractivity contribution is -0.122. The third-order valence-electron chi connectivity index (χ3n) is 7.07. The first-order chi connectivity index (χ1) is 17.9.